The van der Waals surface area contributed by atoms with Gasteiger partial charge in [0.05, 0.1) is 0 Å². The van der Waals surface area contributed by atoms with E-state index in [1.807, 2.05) is 36.5 Å². The molecule has 3 N–H and O–H groups in total. The lowest BCUT2D eigenvalue weighted by Gasteiger charge is -2.20. The second-order valence-electron chi connectivity index (χ2n) is 6.21. The summed E-state index contributed by atoms with van der Waals surface area (Å²) in [5.74, 6) is 0.891. The van der Waals surface area contributed by atoms with E-state index in [-0.39, 0.29) is 11.5 Å². The van der Waals surface area contributed by atoms with E-state index in [1.54, 1.807) is 0 Å². The molecule has 3 nitrogen and oxygen atoms in total. The highest BCUT2D eigenvalue weighted by Gasteiger charge is 2.14. The van der Waals surface area contributed by atoms with E-state index < -0.39 is 0 Å². The Hall–Kier alpha value is -2.03. The van der Waals surface area contributed by atoms with Crippen molar-refractivity contribution in [3.8, 4) is 0 Å². The zero-order valence-corrected chi connectivity index (χ0v) is 12.6. The van der Waals surface area contributed by atoms with Gasteiger partial charge in [-0.3, -0.25) is 0 Å². The average Bonchev–Trinajstić information content (AvgIpc) is 2.39. The molecule has 20 heavy (non-hydrogen) atoms. The number of hydrogen-bond acceptors (Lipinski definition) is 3. The van der Waals surface area contributed by atoms with Gasteiger partial charge in [0.25, 0.3) is 0 Å². The van der Waals surface area contributed by atoms with Crippen molar-refractivity contribution in [2.75, 3.05) is 11.1 Å². The number of nitrogens with two attached hydrogens (primary N) is 1. The van der Waals surface area contributed by atoms with E-state index in [0.717, 1.165) is 11.5 Å². The first-order chi connectivity index (χ1) is 9.36. The standard InChI is InChI=1S/C17H23N3/c1-12(13-5-8-15(18)9-6-13)20-16-10-7-14(11-19-16)17(2,3)4/h5-12H,18H2,1-4H3,(H,19,20). The quantitative estimate of drug-likeness (QED) is 0.824. The van der Waals surface area contributed by atoms with Crippen molar-refractivity contribution in [2.45, 2.75) is 39.2 Å². The van der Waals surface area contributed by atoms with Crippen LogP contribution in [0.25, 0.3) is 0 Å². The second-order valence-corrected chi connectivity index (χ2v) is 6.21. The first kappa shape index (κ1) is 14.4. The fraction of sp³-hybridized carbons (Fsp3) is 0.353. The van der Waals surface area contributed by atoms with Crippen molar-refractivity contribution >= 4 is 11.5 Å². The smallest absolute Gasteiger partial charge is 0.126 e. The highest BCUT2D eigenvalue weighted by atomic mass is 15.0. The van der Waals surface area contributed by atoms with Gasteiger partial charge in [-0.2, -0.15) is 0 Å². The predicted octanol–water partition coefficient (Wildman–Crippen LogP) is 4.13. The number of benzene rings is 1. The molecule has 3 heteroatoms. The van der Waals surface area contributed by atoms with Crippen LogP contribution in [-0.2, 0) is 5.41 Å². The van der Waals surface area contributed by atoms with Crippen molar-refractivity contribution in [3.63, 3.8) is 0 Å². The van der Waals surface area contributed by atoms with E-state index in [1.165, 1.54) is 11.1 Å². The first-order valence-electron chi connectivity index (χ1n) is 6.95. The van der Waals surface area contributed by atoms with Crippen LogP contribution >= 0.6 is 0 Å². The Morgan fingerprint density at radius 1 is 1.05 bits per heavy atom. The molecule has 0 saturated heterocycles. The van der Waals surface area contributed by atoms with Crippen LogP contribution in [0.15, 0.2) is 42.6 Å². The Morgan fingerprint density at radius 3 is 2.20 bits per heavy atom. The number of hydrogen-bond donors (Lipinski definition) is 2. The fourth-order valence-corrected chi connectivity index (χ4v) is 2.01. The molecular weight excluding hydrogens is 246 g/mol. The molecule has 2 rings (SSSR count). The summed E-state index contributed by atoms with van der Waals surface area (Å²) in [5.41, 5.74) is 9.06. The van der Waals surface area contributed by atoms with Gasteiger partial charge in [0, 0.05) is 17.9 Å². The molecule has 0 spiro atoms. The highest BCUT2D eigenvalue weighted by molar-refractivity contribution is 5.43. The molecule has 0 aliphatic heterocycles. The lowest BCUT2D eigenvalue weighted by atomic mass is 9.88. The van der Waals surface area contributed by atoms with Crippen LogP contribution in [0.4, 0.5) is 11.5 Å². The topological polar surface area (TPSA) is 50.9 Å². The number of rotatable bonds is 3. The Bertz CT molecular complexity index is 550. The third-order valence-electron chi connectivity index (χ3n) is 3.43. The highest BCUT2D eigenvalue weighted by Crippen LogP contribution is 2.23. The first-order valence-corrected chi connectivity index (χ1v) is 6.95. The fourth-order valence-electron chi connectivity index (χ4n) is 2.01. The van der Waals surface area contributed by atoms with Crippen LogP contribution < -0.4 is 11.1 Å². The lowest BCUT2D eigenvalue weighted by Crippen LogP contribution is -2.12. The van der Waals surface area contributed by atoms with Gasteiger partial charge in [0.15, 0.2) is 0 Å². The second kappa shape index (κ2) is 5.53. The summed E-state index contributed by atoms with van der Waals surface area (Å²) in [6.45, 7) is 8.68. The van der Waals surface area contributed by atoms with Crippen molar-refractivity contribution in [2.24, 2.45) is 0 Å². The van der Waals surface area contributed by atoms with Gasteiger partial charge in [-0.25, -0.2) is 4.98 Å². The molecule has 2 aromatic rings. The molecule has 0 saturated carbocycles. The summed E-state index contributed by atoms with van der Waals surface area (Å²) in [4.78, 5) is 4.49. The van der Waals surface area contributed by atoms with Crippen molar-refractivity contribution in [1.29, 1.82) is 0 Å². The predicted molar refractivity (Wildman–Crippen MR) is 85.8 cm³/mol. The maximum Gasteiger partial charge on any atom is 0.126 e. The molecule has 1 heterocycles. The summed E-state index contributed by atoms with van der Waals surface area (Å²) in [6.07, 6.45) is 1.94. The van der Waals surface area contributed by atoms with E-state index >= 15 is 0 Å². The van der Waals surface area contributed by atoms with Crippen molar-refractivity contribution in [3.05, 3.63) is 53.7 Å². The third-order valence-corrected chi connectivity index (χ3v) is 3.43. The number of nitrogens with zero attached hydrogens (tertiary/aromatic N) is 1. The van der Waals surface area contributed by atoms with Crippen LogP contribution in [0.1, 0.15) is 44.9 Å². The summed E-state index contributed by atoms with van der Waals surface area (Å²) in [6, 6.07) is 12.3. The lowest BCUT2D eigenvalue weighted by molar-refractivity contribution is 0.587. The number of aromatic nitrogens is 1. The molecule has 0 fully saturated rings. The molecule has 0 aliphatic rings. The van der Waals surface area contributed by atoms with Gasteiger partial charge in [-0.1, -0.05) is 39.0 Å². The Labute approximate surface area is 121 Å². The molecule has 1 atom stereocenters. The minimum absolute atomic E-state index is 0.133. The van der Waals surface area contributed by atoms with E-state index in [9.17, 15) is 0 Å². The Morgan fingerprint density at radius 2 is 1.70 bits per heavy atom. The largest absolute Gasteiger partial charge is 0.399 e. The molecule has 0 radical (unpaired) electrons. The van der Waals surface area contributed by atoms with Crippen molar-refractivity contribution < 1.29 is 0 Å². The van der Waals surface area contributed by atoms with Gasteiger partial charge in [-0.05, 0) is 41.7 Å². The molecule has 1 aromatic heterocycles. The molecular formula is C17H23N3. The van der Waals surface area contributed by atoms with Gasteiger partial charge in [-0.15, -0.1) is 0 Å². The summed E-state index contributed by atoms with van der Waals surface area (Å²) in [7, 11) is 0. The Kier molecular flexibility index (Phi) is 3.98. The molecule has 0 bridgehead atoms. The molecule has 0 amide bonds. The van der Waals surface area contributed by atoms with E-state index in [0.29, 0.717) is 0 Å². The molecule has 106 valence electrons. The van der Waals surface area contributed by atoms with Crippen LogP contribution in [-0.4, -0.2) is 4.98 Å². The summed E-state index contributed by atoms with van der Waals surface area (Å²) >= 11 is 0. The van der Waals surface area contributed by atoms with Crippen LogP contribution in [0.3, 0.4) is 0 Å². The normalized spacial score (nSPS) is 13.0. The number of nitrogen functional groups attached to an aromatic ring is 1. The minimum Gasteiger partial charge on any atom is -0.399 e. The number of anilines is 2. The summed E-state index contributed by atoms with van der Waals surface area (Å²) < 4.78 is 0. The van der Waals surface area contributed by atoms with E-state index in [2.05, 4.69) is 44.1 Å². The molecule has 0 aliphatic carbocycles. The maximum absolute atomic E-state index is 5.70. The SMILES string of the molecule is CC(Nc1ccc(C(C)(C)C)cn1)c1ccc(N)cc1. The van der Waals surface area contributed by atoms with Gasteiger partial charge in [0.2, 0.25) is 0 Å². The monoisotopic (exact) mass is 269 g/mol. The molecule has 1 unspecified atom stereocenters. The van der Waals surface area contributed by atoms with Gasteiger partial charge < -0.3 is 11.1 Å². The Balaban J connectivity index is 2.08. The van der Waals surface area contributed by atoms with Gasteiger partial charge >= 0.3 is 0 Å². The maximum atomic E-state index is 5.70. The van der Waals surface area contributed by atoms with Crippen LogP contribution in [0.2, 0.25) is 0 Å². The third kappa shape index (κ3) is 3.50. The summed E-state index contributed by atoms with van der Waals surface area (Å²) in [5, 5.41) is 3.40. The minimum atomic E-state index is 0.133. The van der Waals surface area contributed by atoms with E-state index in [4.69, 9.17) is 5.73 Å². The van der Waals surface area contributed by atoms with Gasteiger partial charge in [0.1, 0.15) is 5.82 Å². The zero-order chi connectivity index (χ0) is 14.8. The number of nitrogens with one attached hydrogen (secondary N) is 1. The zero-order valence-electron chi connectivity index (χ0n) is 12.6. The molecule has 1 aromatic carbocycles. The van der Waals surface area contributed by atoms with Crippen LogP contribution in [0.5, 0.6) is 0 Å². The van der Waals surface area contributed by atoms with Crippen LogP contribution in [0, 0.1) is 0 Å². The van der Waals surface area contributed by atoms with Crippen molar-refractivity contribution in [1.82, 2.24) is 4.98 Å². The number of pyridine rings is 1. The average molecular weight is 269 g/mol.